The molecule has 1 amide bonds. The first kappa shape index (κ1) is 26.4. The van der Waals surface area contributed by atoms with Crippen LogP contribution in [0.4, 0.5) is 4.39 Å². The highest BCUT2D eigenvalue weighted by molar-refractivity contribution is 14.0. The molecule has 0 aliphatic carbocycles. The highest BCUT2D eigenvalue weighted by atomic mass is 127. The van der Waals surface area contributed by atoms with Crippen molar-refractivity contribution in [3.8, 4) is 0 Å². The number of benzene rings is 2. The molecule has 1 aliphatic rings. The molecule has 0 spiro atoms. The van der Waals surface area contributed by atoms with Crippen LogP contribution >= 0.6 is 35.6 Å². The lowest BCUT2D eigenvalue weighted by molar-refractivity contribution is -0.127. The second kappa shape index (κ2) is 13.6. The largest absolute Gasteiger partial charge is 0.357 e. The van der Waals surface area contributed by atoms with Gasteiger partial charge in [-0.25, -0.2) is 4.39 Å². The van der Waals surface area contributed by atoms with E-state index in [1.165, 1.54) is 11.6 Å². The van der Waals surface area contributed by atoms with Crippen LogP contribution in [0, 0.1) is 11.7 Å². The highest BCUT2D eigenvalue weighted by Gasteiger charge is 2.29. The first-order valence-electron chi connectivity index (χ1n) is 10.8. The van der Waals surface area contributed by atoms with Gasteiger partial charge in [0.05, 0.1) is 0 Å². The van der Waals surface area contributed by atoms with Crippen LogP contribution < -0.4 is 10.6 Å². The molecular formula is C24H31ClFIN4O. The molecule has 0 aromatic heterocycles. The van der Waals surface area contributed by atoms with E-state index < -0.39 is 0 Å². The Bertz CT molecular complexity index is 877. The molecular weight excluding hydrogens is 542 g/mol. The molecule has 0 saturated carbocycles. The van der Waals surface area contributed by atoms with Gasteiger partial charge in [-0.15, -0.1) is 24.0 Å². The third-order valence-corrected chi connectivity index (χ3v) is 5.74. The maximum atomic E-state index is 13.9. The Morgan fingerprint density at radius 1 is 1.16 bits per heavy atom. The van der Waals surface area contributed by atoms with E-state index in [-0.39, 0.29) is 41.6 Å². The molecule has 1 unspecified atom stereocenters. The zero-order valence-electron chi connectivity index (χ0n) is 18.3. The summed E-state index contributed by atoms with van der Waals surface area (Å²) in [5.41, 5.74) is 1.74. The van der Waals surface area contributed by atoms with Gasteiger partial charge in [-0.2, -0.15) is 0 Å². The minimum absolute atomic E-state index is 0. The van der Waals surface area contributed by atoms with Gasteiger partial charge >= 0.3 is 0 Å². The molecule has 2 aromatic rings. The highest BCUT2D eigenvalue weighted by Crippen LogP contribution is 2.20. The van der Waals surface area contributed by atoms with E-state index in [0.717, 1.165) is 26.1 Å². The van der Waals surface area contributed by atoms with E-state index in [4.69, 9.17) is 11.6 Å². The predicted molar refractivity (Wildman–Crippen MR) is 139 cm³/mol. The molecule has 2 N–H and O–H groups in total. The summed E-state index contributed by atoms with van der Waals surface area (Å²) in [7, 11) is 0. The lowest BCUT2D eigenvalue weighted by Crippen LogP contribution is -2.38. The van der Waals surface area contributed by atoms with E-state index in [2.05, 4.69) is 27.8 Å². The molecule has 8 heteroatoms. The second-order valence-corrected chi connectivity index (χ2v) is 8.15. The number of aliphatic imine (C=N–C) groups is 1. The summed E-state index contributed by atoms with van der Waals surface area (Å²) in [5.74, 6) is 0.782. The molecule has 32 heavy (non-hydrogen) atoms. The first-order chi connectivity index (χ1) is 15.1. The Morgan fingerprint density at radius 3 is 2.66 bits per heavy atom. The average molecular weight is 573 g/mol. The minimum atomic E-state index is -0.295. The number of guanidine groups is 1. The summed E-state index contributed by atoms with van der Waals surface area (Å²) >= 11 is 6.10. The van der Waals surface area contributed by atoms with Crippen LogP contribution in [-0.2, 0) is 17.6 Å². The minimum Gasteiger partial charge on any atom is -0.357 e. The Balaban J connectivity index is 0.00000363. The number of rotatable bonds is 9. The monoisotopic (exact) mass is 572 g/mol. The van der Waals surface area contributed by atoms with Crippen molar-refractivity contribution < 1.29 is 9.18 Å². The van der Waals surface area contributed by atoms with Gasteiger partial charge in [0.15, 0.2) is 5.96 Å². The fraction of sp³-hybridized carbons (Fsp3) is 0.417. The number of likely N-dealkylation sites (tertiary alicyclic amines) is 1. The number of halogens is 3. The topological polar surface area (TPSA) is 56.7 Å². The number of carbonyl (C=O) groups excluding carboxylic acids is 1. The molecule has 0 radical (unpaired) electrons. The zero-order valence-corrected chi connectivity index (χ0v) is 21.4. The number of hydrogen-bond donors (Lipinski definition) is 2. The molecule has 2 aromatic carbocycles. The van der Waals surface area contributed by atoms with Crippen molar-refractivity contribution in [2.45, 2.75) is 26.2 Å². The van der Waals surface area contributed by atoms with Gasteiger partial charge in [0.25, 0.3) is 0 Å². The van der Waals surface area contributed by atoms with Crippen LogP contribution in [0.2, 0.25) is 5.02 Å². The molecule has 1 fully saturated rings. The van der Waals surface area contributed by atoms with E-state index in [0.29, 0.717) is 42.5 Å². The first-order valence-corrected chi connectivity index (χ1v) is 11.2. The summed E-state index contributed by atoms with van der Waals surface area (Å²) in [6.45, 7) is 5.28. The van der Waals surface area contributed by atoms with E-state index in [9.17, 15) is 9.18 Å². The SMILES string of the molecule is CCNC(=NCC1CC(=O)N(CCc2ccccc2)C1)NCCc1c(F)cccc1Cl.I. The number of carbonyl (C=O) groups is 1. The quantitative estimate of drug-likeness (QED) is 0.268. The molecule has 1 saturated heterocycles. The molecule has 3 rings (SSSR count). The smallest absolute Gasteiger partial charge is 0.223 e. The summed E-state index contributed by atoms with van der Waals surface area (Å²) in [4.78, 5) is 19.0. The standard InChI is InChI=1S/C24H30ClFN4O.HI/c1-2-27-24(28-13-11-20-21(25)9-6-10-22(20)26)29-16-19-15-23(31)30(17-19)14-12-18-7-4-3-5-8-18;/h3-10,19H,2,11-17H2,1H3,(H2,27,28,29);1H. The summed E-state index contributed by atoms with van der Waals surface area (Å²) in [6.07, 6.45) is 1.86. The van der Waals surface area contributed by atoms with E-state index in [1.807, 2.05) is 30.0 Å². The molecule has 174 valence electrons. The molecule has 1 aliphatic heterocycles. The van der Waals surface area contributed by atoms with Gasteiger partial charge in [0.2, 0.25) is 5.91 Å². The average Bonchev–Trinajstić information content (AvgIpc) is 3.12. The van der Waals surface area contributed by atoms with Crippen LogP contribution in [0.5, 0.6) is 0 Å². The van der Waals surface area contributed by atoms with Crippen molar-refractivity contribution in [2.24, 2.45) is 10.9 Å². The predicted octanol–water partition coefficient (Wildman–Crippen LogP) is 4.29. The Morgan fingerprint density at radius 2 is 1.94 bits per heavy atom. The molecule has 1 heterocycles. The summed E-state index contributed by atoms with van der Waals surface area (Å²) in [5, 5.41) is 6.87. The van der Waals surface area contributed by atoms with Crippen LogP contribution in [-0.4, -0.2) is 49.5 Å². The molecule has 5 nitrogen and oxygen atoms in total. The van der Waals surface area contributed by atoms with Gasteiger partial charge in [-0.05, 0) is 37.5 Å². The van der Waals surface area contributed by atoms with Crippen molar-refractivity contribution in [1.82, 2.24) is 15.5 Å². The normalized spacial score (nSPS) is 16.1. The fourth-order valence-electron chi connectivity index (χ4n) is 3.74. The van der Waals surface area contributed by atoms with Gasteiger partial charge in [0, 0.05) is 55.6 Å². The fourth-order valence-corrected chi connectivity index (χ4v) is 4.00. The number of amides is 1. The van der Waals surface area contributed by atoms with Crippen molar-refractivity contribution in [3.63, 3.8) is 0 Å². The Labute approximate surface area is 211 Å². The van der Waals surface area contributed by atoms with Crippen molar-refractivity contribution >= 4 is 47.4 Å². The third-order valence-electron chi connectivity index (χ3n) is 5.39. The molecule has 0 bridgehead atoms. The van der Waals surface area contributed by atoms with Crippen molar-refractivity contribution in [1.29, 1.82) is 0 Å². The van der Waals surface area contributed by atoms with Gasteiger partial charge in [-0.3, -0.25) is 9.79 Å². The van der Waals surface area contributed by atoms with Gasteiger partial charge in [-0.1, -0.05) is 48.0 Å². The van der Waals surface area contributed by atoms with E-state index in [1.54, 1.807) is 12.1 Å². The molecule has 1 atom stereocenters. The zero-order chi connectivity index (χ0) is 22.1. The Hall–Kier alpha value is -1.87. The van der Waals surface area contributed by atoms with Gasteiger partial charge < -0.3 is 15.5 Å². The van der Waals surface area contributed by atoms with Crippen LogP contribution in [0.1, 0.15) is 24.5 Å². The van der Waals surface area contributed by atoms with Crippen molar-refractivity contribution in [3.05, 3.63) is 70.5 Å². The van der Waals surface area contributed by atoms with Crippen LogP contribution in [0.25, 0.3) is 0 Å². The van der Waals surface area contributed by atoms with Crippen molar-refractivity contribution in [2.75, 3.05) is 32.7 Å². The third kappa shape index (κ3) is 7.92. The maximum absolute atomic E-state index is 13.9. The second-order valence-electron chi connectivity index (χ2n) is 7.74. The summed E-state index contributed by atoms with van der Waals surface area (Å²) < 4.78 is 13.9. The number of nitrogens with zero attached hydrogens (tertiary/aromatic N) is 2. The van der Waals surface area contributed by atoms with E-state index >= 15 is 0 Å². The Kier molecular flexibility index (Phi) is 11.2. The lowest BCUT2D eigenvalue weighted by Gasteiger charge is -2.16. The summed E-state index contributed by atoms with van der Waals surface area (Å²) in [6, 6.07) is 14.9. The lowest BCUT2D eigenvalue weighted by atomic mass is 10.1. The van der Waals surface area contributed by atoms with Gasteiger partial charge in [0.1, 0.15) is 5.82 Å². The van der Waals surface area contributed by atoms with Crippen LogP contribution in [0.15, 0.2) is 53.5 Å². The van der Waals surface area contributed by atoms with Crippen LogP contribution in [0.3, 0.4) is 0 Å². The maximum Gasteiger partial charge on any atom is 0.223 e. The number of nitrogens with one attached hydrogen (secondary N) is 2. The number of hydrogen-bond acceptors (Lipinski definition) is 2.